The average molecular weight is 276 g/mol. The molecule has 0 bridgehead atoms. The molecule has 4 nitrogen and oxygen atoms in total. The van der Waals surface area contributed by atoms with E-state index in [0.717, 1.165) is 24.4 Å². The monoisotopic (exact) mass is 276 g/mol. The lowest BCUT2D eigenvalue weighted by Crippen LogP contribution is -2.37. The van der Waals surface area contributed by atoms with Gasteiger partial charge in [-0.05, 0) is 24.3 Å². The van der Waals surface area contributed by atoms with Crippen molar-refractivity contribution in [2.24, 2.45) is 5.92 Å². The summed E-state index contributed by atoms with van der Waals surface area (Å²) < 4.78 is 0. The molecule has 20 heavy (non-hydrogen) atoms. The summed E-state index contributed by atoms with van der Waals surface area (Å²) in [4.78, 5) is 11.5. The van der Waals surface area contributed by atoms with Gasteiger partial charge in [0.25, 0.3) is 0 Å². The van der Waals surface area contributed by atoms with Crippen LogP contribution in [0, 0.1) is 5.92 Å². The van der Waals surface area contributed by atoms with Crippen LogP contribution in [0.15, 0.2) is 30.3 Å². The summed E-state index contributed by atoms with van der Waals surface area (Å²) in [5, 5.41) is 15.6. The van der Waals surface area contributed by atoms with Crippen molar-refractivity contribution in [2.75, 3.05) is 13.1 Å². The van der Waals surface area contributed by atoms with E-state index in [4.69, 9.17) is 0 Å². The highest BCUT2D eigenvalue weighted by Gasteiger charge is 2.16. The zero-order chi connectivity index (χ0) is 14.2. The van der Waals surface area contributed by atoms with Crippen LogP contribution in [0.4, 0.5) is 4.79 Å². The van der Waals surface area contributed by atoms with Gasteiger partial charge in [-0.2, -0.15) is 0 Å². The molecule has 0 saturated heterocycles. The van der Waals surface area contributed by atoms with Crippen molar-refractivity contribution < 1.29 is 9.90 Å². The first-order valence-corrected chi connectivity index (χ1v) is 7.50. The number of amides is 2. The zero-order valence-electron chi connectivity index (χ0n) is 11.8. The quantitative estimate of drug-likeness (QED) is 0.717. The van der Waals surface area contributed by atoms with Crippen LogP contribution in [-0.4, -0.2) is 24.2 Å². The van der Waals surface area contributed by atoms with Gasteiger partial charge in [-0.25, -0.2) is 4.79 Å². The fourth-order valence-corrected chi connectivity index (χ4v) is 2.40. The van der Waals surface area contributed by atoms with Gasteiger partial charge in [0.15, 0.2) is 0 Å². The molecule has 2 rings (SSSR count). The van der Waals surface area contributed by atoms with Crippen LogP contribution in [0.1, 0.15) is 43.8 Å². The SMILES string of the molecule is O=C(NCCC1CCC1)NCCC(O)c1ccccc1. The summed E-state index contributed by atoms with van der Waals surface area (Å²) >= 11 is 0. The number of urea groups is 1. The minimum absolute atomic E-state index is 0.135. The Bertz CT molecular complexity index is 404. The zero-order valence-corrected chi connectivity index (χ0v) is 11.8. The summed E-state index contributed by atoms with van der Waals surface area (Å²) in [6.07, 6.45) is 5.06. The molecule has 1 aromatic rings. The van der Waals surface area contributed by atoms with Gasteiger partial charge in [0.05, 0.1) is 6.10 Å². The van der Waals surface area contributed by atoms with E-state index in [1.165, 1.54) is 19.3 Å². The van der Waals surface area contributed by atoms with E-state index in [0.29, 0.717) is 13.0 Å². The molecule has 1 aliphatic carbocycles. The lowest BCUT2D eigenvalue weighted by molar-refractivity contribution is 0.167. The molecule has 0 spiro atoms. The molecule has 0 heterocycles. The molecular formula is C16H24N2O2. The van der Waals surface area contributed by atoms with Crippen LogP contribution >= 0.6 is 0 Å². The van der Waals surface area contributed by atoms with Gasteiger partial charge < -0.3 is 15.7 Å². The number of rotatable bonds is 7. The van der Waals surface area contributed by atoms with Crippen molar-refractivity contribution in [3.63, 3.8) is 0 Å². The molecule has 1 fully saturated rings. The Kier molecular flexibility index (Phi) is 5.87. The third-order valence-corrected chi connectivity index (χ3v) is 3.95. The highest BCUT2D eigenvalue weighted by atomic mass is 16.3. The maximum atomic E-state index is 11.5. The first-order chi connectivity index (χ1) is 9.75. The second-order valence-corrected chi connectivity index (χ2v) is 5.48. The molecule has 1 saturated carbocycles. The summed E-state index contributed by atoms with van der Waals surface area (Å²) in [6.45, 7) is 1.23. The second-order valence-electron chi connectivity index (χ2n) is 5.48. The Labute approximate surface area is 120 Å². The molecular weight excluding hydrogens is 252 g/mol. The fraction of sp³-hybridized carbons (Fsp3) is 0.562. The molecule has 0 radical (unpaired) electrons. The third-order valence-electron chi connectivity index (χ3n) is 3.95. The minimum Gasteiger partial charge on any atom is -0.388 e. The number of aliphatic hydroxyl groups is 1. The molecule has 2 amide bonds. The number of benzene rings is 1. The first-order valence-electron chi connectivity index (χ1n) is 7.50. The van der Waals surface area contributed by atoms with Gasteiger partial charge in [0.1, 0.15) is 0 Å². The van der Waals surface area contributed by atoms with Crippen molar-refractivity contribution in [1.29, 1.82) is 0 Å². The maximum Gasteiger partial charge on any atom is 0.314 e. The van der Waals surface area contributed by atoms with Gasteiger partial charge in [0.2, 0.25) is 0 Å². The predicted molar refractivity (Wildman–Crippen MR) is 79.4 cm³/mol. The Morgan fingerprint density at radius 3 is 2.55 bits per heavy atom. The third kappa shape index (κ3) is 4.85. The van der Waals surface area contributed by atoms with Crippen molar-refractivity contribution in [2.45, 2.75) is 38.2 Å². The predicted octanol–water partition coefficient (Wildman–Crippen LogP) is 2.60. The Morgan fingerprint density at radius 1 is 1.20 bits per heavy atom. The maximum absolute atomic E-state index is 11.5. The first kappa shape index (κ1) is 14.9. The smallest absolute Gasteiger partial charge is 0.314 e. The lowest BCUT2D eigenvalue weighted by Gasteiger charge is -2.25. The standard InChI is InChI=1S/C16H24N2O2/c19-15(14-7-2-1-3-8-14)10-12-18-16(20)17-11-9-13-5-4-6-13/h1-3,7-8,13,15,19H,4-6,9-12H2,(H2,17,18,20). The minimum atomic E-state index is -0.522. The summed E-state index contributed by atoms with van der Waals surface area (Å²) in [7, 11) is 0. The largest absolute Gasteiger partial charge is 0.388 e. The second kappa shape index (κ2) is 7.90. The number of hydrogen-bond donors (Lipinski definition) is 3. The molecule has 1 aliphatic rings. The Hall–Kier alpha value is -1.55. The molecule has 0 aromatic heterocycles. The van der Waals surface area contributed by atoms with E-state index in [1.54, 1.807) is 0 Å². The topological polar surface area (TPSA) is 61.4 Å². The molecule has 110 valence electrons. The van der Waals surface area contributed by atoms with E-state index < -0.39 is 6.10 Å². The number of nitrogens with one attached hydrogen (secondary N) is 2. The number of hydrogen-bond acceptors (Lipinski definition) is 2. The van der Waals surface area contributed by atoms with E-state index in [2.05, 4.69) is 10.6 Å². The number of aliphatic hydroxyl groups excluding tert-OH is 1. The van der Waals surface area contributed by atoms with E-state index in [1.807, 2.05) is 30.3 Å². The highest BCUT2D eigenvalue weighted by molar-refractivity contribution is 5.73. The van der Waals surface area contributed by atoms with E-state index in [9.17, 15) is 9.90 Å². The van der Waals surface area contributed by atoms with Crippen LogP contribution in [0.5, 0.6) is 0 Å². The number of carbonyl (C=O) groups is 1. The summed E-state index contributed by atoms with van der Waals surface area (Å²) in [5.41, 5.74) is 0.889. The van der Waals surface area contributed by atoms with Crippen molar-refractivity contribution >= 4 is 6.03 Å². The molecule has 4 heteroatoms. The van der Waals surface area contributed by atoms with Crippen LogP contribution in [0.2, 0.25) is 0 Å². The van der Waals surface area contributed by atoms with E-state index >= 15 is 0 Å². The van der Waals surface area contributed by atoms with Crippen molar-refractivity contribution in [3.8, 4) is 0 Å². The van der Waals surface area contributed by atoms with Crippen LogP contribution < -0.4 is 10.6 Å². The summed E-state index contributed by atoms with van der Waals surface area (Å²) in [6, 6.07) is 9.37. The molecule has 1 aromatic carbocycles. The van der Waals surface area contributed by atoms with Crippen LogP contribution in [0.3, 0.4) is 0 Å². The van der Waals surface area contributed by atoms with Gasteiger partial charge in [-0.15, -0.1) is 0 Å². The fourth-order valence-electron chi connectivity index (χ4n) is 2.40. The van der Waals surface area contributed by atoms with Gasteiger partial charge in [0, 0.05) is 13.1 Å². The van der Waals surface area contributed by atoms with Gasteiger partial charge >= 0.3 is 6.03 Å². The molecule has 0 aliphatic heterocycles. The van der Waals surface area contributed by atoms with E-state index in [-0.39, 0.29) is 6.03 Å². The van der Waals surface area contributed by atoms with Gasteiger partial charge in [-0.3, -0.25) is 0 Å². The van der Waals surface area contributed by atoms with Gasteiger partial charge in [-0.1, -0.05) is 49.6 Å². The molecule has 1 atom stereocenters. The molecule has 1 unspecified atom stereocenters. The Balaban J connectivity index is 1.54. The average Bonchev–Trinajstić information content (AvgIpc) is 2.42. The van der Waals surface area contributed by atoms with Crippen molar-refractivity contribution in [1.82, 2.24) is 10.6 Å². The van der Waals surface area contributed by atoms with Crippen molar-refractivity contribution in [3.05, 3.63) is 35.9 Å². The van der Waals surface area contributed by atoms with Crippen LogP contribution in [-0.2, 0) is 0 Å². The summed E-state index contributed by atoms with van der Waals surface area (Å²) in [5.74, 6) is 0.815. The number of carbonyl (C=O) groups excluding carboxylic acids is 1. The Morgan fingerprint density at radius 2 is 1.90 bits per heavy atom. The molecule has 3 N–H and O–H groups in total. The lowest BCUT2D eigenvalue weighted by atomic mass is 9.83. The highest BCUT2D eigenvalue weighted by Crippen LogP contribution is 2.28. The normalized spacial score (nSPS) is 16.2. The van der Waals surface area contributed by atoms with Crippen LogP contribution in [0.25, 0.3) is 0 Å².